The average molecular weight is 427 g/mol. The van der Waals surface area contributed by atoms with Gasteiger partial charge in [-0.3, -0.25) is 0 Å². The smallest absolute Gasteiger partial charge is 0.146 e. The summed E-state index contributed by atoms with van der Waals surface area (Å²) >= 11 is 5.02. The second kappa shape index (κ2) is 7.01. The Morgan fingerprint density at radius 3 is 2.62 bits per heavy atom. The summed E-state index contributed by atoms with van der Waals surface area (Å²) < 4.78 is 8.27. The SMILES string of the molecule is COc1ccccc1-n1nnc(-c2nc(-c3ccc(Br)cc3)cs2)c1C. The van der Waals surface area contributed by atoms with E-state index in [0.717, 1.165) is 43.6 Å². The fourth-order valence-corrected chi connectivity index (χ4v) is 3.82. The zero-order chi connectivity index (χ0) is 18.1. The van der Waals surface area contributed by atoms with Crippen molar-refractivity contribution >= 4 is 27.3 Å². The van der Waals surface area contributed by atoms with E-state index in [1.54, 1.807) is 23.1 Å². The zero-order valence-corrected chi connectivity index (χ0v) is 16.6. The van der Waals surface area contributed by atoms with Gasteiger partial charge in [-0.1, -0.05) is 45.4 Å². The molecule has 4 rings (SSSR count). The van der Waals surface area contributed by atoms with Gasteiger partial charge < -0.3 is 4.74 Å². The predicted molar refractivity (Wildman–Crippen MR) is 107 cm³/mol. The topological polar surface area (TPSA) is 52.8 Å². The number of ether oxygens (including phenoxy) is 1. The molecule has 0 aliphatic carbocycles. The summed E-state index contributed by atoms with van der Waals surface area (Å²) in [5.41, 5.74) is 4.57. The normalized spacial score (nSPS) is 10.9. The summed E-state index contributed by atoms with van der Waals surface area (Å²) in [6.07, 6.45) is 0. The van der Waals surface area contributed by atoms with Crippen LogP contribution in [0.3, 0.4) is 0 Å². The Bertz CT molecular complexity index is 1060. The van der Waals surface area contributed by atoms with E-state index in [2.05, 4.69) is 26.2 Å². The summed E-state index contributed by atoms with van der Waals surface area (Å²) in [7, 11) is 1.65. The van der Waals surface area contributed by atoms with Crippen LogP contribution in [0.2, 0.25) is 0 Å². The molecule has 0 radical (unpaired) electrons. The van der Waals surface area contributed by atoms with Gasteiger partial charge in [0.2, 0.25) is 0 Å². The standard InChI is InChI=1S/C19H15BrN4OS/c1-12-18(22-23-24(12)16-5-3-4-6-17(16)25-2)19-21-15(11-26-19)13-7-9-14(20)10-8-13/h3-11H,1-2H3. The molecule has 0 N–H and O–H groups in total. The molecule has 26 heavy (non-hydrogen) atoms. The molecule has 7 heteroatoms. The van der Waals surface area contributed by atoms with E-state index in [1.165, 1.54) is 0 Å². The van der Waals surface area contributed by atoms with E-state index in [-0.39, 0.29) is 0 Å². The first-order valence-electron chi connectivity index (χ1n) is 7.95. The molecule has 2 heterocycles. The van der Waals surface area contributed by atoms with Crippen molar-refractivity contribution in [3.63, 3.8) is 0 Å². The minimum Gasteiger partial charge on any atom is -0.494 e. The van der Waals surface area contributed by atoms with Crippen molar-refractivity contribution < 1.29 is 4.74 Å². The van der Waals surface area contributed by atoms with Crippen LogP contribution < -0.4 is 4.74 Å². The van der Waals surface area contributed by atoms with Crippen LogP contribution in [0, 0.1) is 6.92 Å². The van der Waals surface area contributed by atoms with Crippen molar-refractivity contribution in [2.75, 3.05) is 7.11 Å². The van der Waals surface area contributed by atoms with Gasteiger partial charge in [-0.2, -0.15) is 0 Å². The average Bonchev–Trinajstić information content (AvgIpc) is 3.29. The van der Waals surface area contributed by atoms with Crippen LogP contribution in [0.25, 0.3) is 27.6 Å². The number of halogens is 1. The maximum Gasteiger partial charge on any atom is 0.146 e. The first kappa shape index (κ1) is 16.9. The largest absolute Gasteiger partial charge is 0.494 e. The highest BCUT2D eigenvalue weighted by molar-refractivity contribution is 9.10. The third kappa shape index (κ3) is 3.04. The molecule has 0 bridgehead atoms. The van der Waals surface area contributed by atoms with Crippen LogP contribution in [-0.4, -0.2) is 27.1 Å². The Kier molecular flexibility index (Phi) is 4.57. The number of hydrogen-bond acceptors (Lipinski definition) is 5. The summed E-state index contributed by atoms with van der Waals surface area (Å²) in [5, 5.41) is 11.6. The van der Waals surface area contributed by atoms with Crippen molar-refractivity contribution in [3.8, 4) is 33.4 Å². The number of para-hydroxylation sites is 2. The molecule has 2 aromatic carbocycles. The quantitative estimate of drug-likeness (QED) is 0.453. The maximum atomic E-state index is 5.44. The van der Waals surface area contributed by atoms with Gasteiger partial charge in [0.1, 0.15) is 22.1 Å². The predicted octanol–water partition coefficient (Wildman–Crippen LogP) is 5.14. The number of hydrogen-bond donors (Lipinski definition) is 0. The Hall–Kier alpha value is -2.51. The molecule has 5 nitrogen and oxygen atoms in total. The number of methoxy groups -OCH3 is 1. The molecule has 0 aliphatic rings. The molecule has 0 aliphatic heterocycles. The third-order valence-corrected chi connectivity index (χ3v) is 5.43. The molecular weight excluding hydrogens is 412 g/mol. The van der Waals surface area contributed by atoms with Crippen LogP contribution in [0.15, 0.2) is 58.4 Å². The highest BCUT2D eigenvalue weighted by atomic mass is 79.9. The van der Waals surface area contributed by atoms with Crippen molar-refractivity contribution in [3.05, 3.63) is 64.1 Å². The minimum atomic E-state index is 0.752. The zero-order valence-electron chi connectivity index (χ0n) is 14.2. The van der Waals surface area contributed by atoms with Gasteiger partial charge in [0.15, 0.2) is 0 Å². The van der Waals surface area contributed by atoms with Gasteiger partial charge in [-0.05, 0) is 31.2 Å². The lowest BCUT2D eigenvalue weighted by Gasteiger charge is -2.08. The van der Waals surface area contributed by atoms with Crippen molar-refractivity contribution in [1.29, 1.82) is 0 Å². The second-order valence-electron chi connectivity index (χ2n) is 5.65. The van der Waals surface area contributed by atoms with Crippen molar-refractivity contribution in [1.82, 2.24) is 20.0 Å². The van der Waals surface area contributed by atoms with E-state index >= 15 is 0 Å². The van der Waals surface area contributed by atoms with Crippen LogP contribution in [-0.2, 0) is 0 Å². The number of nitrogens with zero attached hydrogens (tertiary/aromatic N) is 4. The first-order chi connectivity index (χ1) is 12.7. The van der Waals surface area contributed by atoms with Gasteiger partial charge in [0.25, 0.3) is 0 Å². The fraction of sp³-hybridized carbons (Fsp3) is 0.105. The van der Waals surface area contributed by atoms with Gasteiger partial charge in [0.05, 0.1) is 18.5 Å². The molecular formula is C19H15BrN4OS. The molecule has 4 aromatic rings. The molecule has 2 aromatic heterocycles. The third-order valence-electron chi connectivity index (χ3n) is 4.05. The van der Waals surface area contributed by atoms with Crippen LogP contribution in [0.5, 0.6) is 5.75 Å². The lowest BCUT2D eigenvalue weighted by Crippen LogP contribution is -2.01. The van der Waals surface area contributed by atoms with Crippen molar-refractivity contribution in [2.24, 2.45) is 0 Å². The van der Waals surface area contributed by atoms with E-state index in [4.69, 9.17) is 9.72 Å². The van der Waals surface area contributed by atoms with Gasteiger partial charge in [-0.25, -0.2) is 9.67 Å². The molecule has 0 fully saturated rings. The molecule has 0 amide bonds. The Morgan fingerprint density at radius 2 is 1.85 bits per heavy atom. The van der Waals surface area contributed by atoms with E-state index in [0.29, 0.717) is 0 Å². The molecule has 0 spiro atoms. The van der Waals surface area contributed by atoms with Gasteiger partial charge >= 0.3 is 0 Å². The van der Waals surface area contributed by atoms with Crippen LogP contribution in [0.4, 0.5) is 0 Å². The number of rotatable bonds is 4. The van der Waals surface area contributed by atoms with E-state index in [9.17, 15) is 0 Å². The van der Waals surface area contributed by atoms with E-state index < -0.39 is 0 Å². The van der Waals surface area contributed by atoms with Crippen LogP contribution >= 0.6 is 27.3 Å². The Balaban J connectivity index is 1.72. The Labute approximate surface area is 163 Å². The molecule has 0 unspecified atom stereocenters. The number of benzene rings is 2. The van der Waals surface area contributed by atoms with Gasteiger partial charge in [-0.15, -0.1) is 16.4 Å². The highest BCUT2D eigenvalue weighted by Crippen LogP contribution is 2.31. The van der Waals surface area contributed by atoms with E-state index in [1.807, 2.05) is 60.8 Å². The summed E-state index contributed by atoms with van der Waals surface area (Å²) in [5.74, 6) is 0.752. The molecule has 0 saturated heterocycles. The first-order valence-corrected chi connectivity index (χ1v) is 9.62. The second-order valence-corrected chi connectivity index (χ2v) is 7.43. The lowest BCUT2D eigenvalue weighted by molar-refractivity contribution is 0.411. The fourth-order valence-electron chi connectivity index (χ4n) is 2.70. The summed E-state index contributed by atoms with van der Waals surface area (Å²) in [4.78, 5) is 4.75. The summed E-state index contributed by atoms with van der Waals surface area (Å²) in [6, 6.07) is 15.9. The summed E-state index contributed by atoms with van der Waals surface area (Å²) in [6.45, 7) is 1.99. The monoisotopic (exact) mass is 426 g/mol. The number of aromatic nitrogens is 4. The molecule has 0 atom stereocenters. The maximum absolute atomic E-state index is 5.44. The van der Waals surface area contributed by atoms with Crippen molar-refractivity contribution in [2.45, 2.75) is 6.92 Å². The van der Waals surface area contributed by atoms with Gasteiger partial charge in [0, 0.05) is 15.4 Å². The number of thiazole rings is 1. The Morgan fingerprint density at radius 1 is 1.08 bits per heavy atom. The van der Waals surface area contributed by atoms with Crippen LogP contribution in [0.1, 0.15) is 5.69 Å². The molecule has 0 saturated carbocycles. The molecule has 130 valence electrons. The lowest BCUT2D eigenvalue weighted by atomic mass is 10.2. The highest BCUT2D eigenvalue weighted by Gasteiger charge is 2.17. The minimum absolute atomic E-state index is 0.752.